The van der Waals surface area contributed by atoms with E-state index < -0.39 is 0 Å². The van der Waals surface area contributed by atoms with Gasteiger partial charge in [-0.15, -0.1) is 0 Å². The topological polar surface area (TPSA) is 49.6 Å². The standard InChI is InChI=1S/C22H29N3O2/c1-16-6-4-7-19(12-16)13-24-10-5-8-22(14-24)9-11-25(15-22)21(26)20-17(2)23-27-18(20)3/h4,6-7,12H,5,8-11,13-15H2,1-3H3/t22-/m1/s1. The molecule has 144 valence electrons. The lowest BCUT2D eigenvalue weighted by molar-refractivity contribution is 0.0673. The number of piperidine rings is 1. The lowest BCUT2D eigenvalue weighted by Crippen LogP contribution is -2.45. The molecule has 0 bridgehead atoms. The van der Waals surface area contributed by atoms with E-state index in [1.807, 2.05) is 18.7 Å². The highest BCUT2D eigenvalue weighted by Crippen LogP contribution is 2.40. The molecule has 0 radical (unpaired) electrons. The van der Waals surface area contributed by atoms with Crippen LogP contribution in [0.25, 0.3) is 0 Å². The number of rotatable bonds is 3. The first-order valence-electron chi connectivity index (χ1n) is 9.96. The summed E-state index contributed by atoms with van der Waals surface area (Å²) in [6, 6.07) is 8.79. The molecular formula is C22H29N3O2. The Labute approximate surface area is 161 Å². The number of hydrogen-bond donors (Lipinski definition) is 0. The van der Waals surface area contributed by atoms with Crippen LogP contribution in [-0.2, 0) is 6.54 Å². The first-order chi connectivity index (χ1) is 13.0. The Morgan fingerprint density at radius 2 is 2.04 bits per heavy atom. The zero-order valence-electron chi connectivity index (χ0n) is 16.6. The van der Waals surface area contributed by atoms with Crippen molar-refractivity contribution in [2.45, 2.75) is 46.6 Å². The maximum absolute atomic E-state index is 13.0. The van der Waals surface area contributed by atoms with Crippen molar-refractivity contribution < 1.29 is 9.32 Å². The average molecular weight is 367 g/mol. The van der Waals surface area contributed by atoms with Gasteiger partial charge in [-0.2, -0.15) is 0 Å². The Hall–Kier alpha value is -2.14. The molecule has 2 aliphatic rings. The average Bonchev–Trinajstić information content (AvgIpc) is 3.18. The summed E-state index contributed by atoms with van der Waals surface area (Å²) >= 11 is 0. The number of nitrogens with zero attached hydrogens (tertiary/aromatic N) is 3. The number of carbonyl (C=O) groups is 1. The molecule has 0 unspecified atom stereocenters. The second-order valence-electron chi connectivity index (χ2n) is 8.48. The third kappa shape index (κ3) is 3.65. The van der Waals surface area contributed by atoms with Gasteiger partial charge < -0.3 is 9.42 Å². The van der Waals surface area contributed by atoms with Crippen molar-refractivity contribution in [1.82, 2.24) is 15.0 Å². The van der Waals surface area contributed by atoms with Gasteiger partial charge in [0, 0.05) is 31.6 Å². The number of likely N-dealkylation sites (tertiary alicyclic amines) is 2. The summed E-state index contributed by atoms with van der Waals surface area (Å²) in [7, 11) is 0. The molecule has 5 nitrogen and oxygen atoms in total. The van der Waals surface area contributed by atoms with E-state index in [2.05, 4.69) is 41.2 Å². The van der Waals surface area contributed by atoms with Crippen LogP contribution in [0.5, 0.6) is 0 Å². The van der Waals surface area contributed by atoms with Gasteiger partial charge in [0.25, 0.3) is 5.91 Å². The van der Waals surface area contributed by atoms with E-state index in [1.165, 1.54) is 24.0 Å². The van der Waals surface area contributed by atoms with Crippen LogP contribution in [0, 0.1) is 26.2 Å². The van der Waals surface area contributed by atoms with E-state index in [4.69, 9.17) is 4.52 Å². The van der Waals surface area contributed by atoms with Gasteiger partial charge in [-0.25, -0.2) is 0 Å². The van der Waals surface area contributed by atoms with Crippen LogP contribution < -0.4 is 0 Å². The first-order valence-corrected chi connectivity index (χ1v) is 9.96. The van der Waals surface area contributed by atoms with Gasteiger partial charge in [-0.3, -0.25) is 9.69 Å². The Morgan fingerprint density at radius 3 is 2.78 bits per heavy atom. The van der Waals surface area contributed by atoms with E-state index in [1.54, 1.807) is 0 Å². The molecule has 2 aromatic rings. The summed E-state index contributed by atoms with van der Waals surface area (Å²) in [5, 5.41) is 3.95. The lowest BCUT2D eigenvalue weighted by atomic mass is 9.79. The normalized spacial score (nSPS) is 23.3. The molecular weight excluding hydrogens is 338 g/mol. The molecule has 1 atom stereocenters. The highest BCUT2D eigenvalue weighted by atomic mass is 16.5. The van der Waals surface area contributed by atoms with Crippen LogP contribution in [0.1, 0.15) is 52.2 Å². The summed E-state index contributed by atoms with van der Waals surface area (Å²) in [4.78, 5) is 17.6. The molecule has 3 heterocycles. The molecule has 1 aromatic carbocycles. The third-order valence-corrected chi connectivity index (χ3v) is 6.20. The molecule has 2 fully saturated rings. The van der Waals surface area contributed by atoms with E-state index in [9.17, 15) is 4.79 Å². The molecule has 4 rings (SSSR count). The minimum Gasteiger partial charge on any atom is -0.361 e. The summed E-state index contributed by atoms with van der Waals surface area (Å²) in [6.07, 6.45) is 3.51. The molecule has 27 heavy (non-hydrogen) atoms. The highest BCUT2D eigenvalue weighted by Gasteiger charge is 2.43. The van der Waals surface area contributed by atoms with Crippen molar-refractivity contribution in [1.29, 1.82) is 0 Å². The number of amides is 1. The minimum absolute atomic E-state index is 0.0823. The zero-order chi connectivity index (χ0) is 19.0. The maximum atomic E-state index is 13.0. The summed E-state index contributed by atoms with van der Waals surface area (Å²) in [5.41, 5.74) is 4.28. The van der Waals surface area contributed by atoms with Crippen LogP contribution in [-0.4, -0.2) is 47.0 Å². The van der Waals surface area contributed by atoms with Crippen molar-refractivity contribution in [2.24, 2.45) is 5.41 Å². The van der Waals surface area contributed by atoms with Gasteiger partial charge in [-0.05, 0) is 52.1 Å². The number of hydrogen-bond acceptors (Lipinski definition) is 4. The number of benzene rings is 1. The molecule has 1 aromatic heterocycles. The first kappa shape index (κ1) is 18.2. The van der Waals surface area contributed by atoms with Crippen LogP contribution in [0.15, 0.2) is 28.8 Å². The quantitative estimate of drug-likeness (QED) is 0.829. The van der Waals surface area contributed by atoms with E-state index >= 15 is 0 Å². The monoisotopic (exact) mass is 367 g/mol. The molecule has 5 heteroatoms. The van der Waals surface area contributed by atoms with Crippen LogP contribution in [0.4, 0.5) is 0 Å². The molecule has 2 aliphatic heterocycles. The highest BCUT2D eigenvalue weighted by molar-refractivity contribution is 5.96. The van der Waals surface area contributed by atoms with Gasteiger partial charge in [0.1, 0.15) is 11.3 Å². The molecule has 1 amide bonds. The Bertz CT molecular complexity index is 824. The molecule has 1 spiro atoms. The number of aromatic nitrogens is 1. The molecule has 0 N–H and O–H groups in total. The predicted octanol–water partition coefficient (Wildman–Crippen LogP) is 3.73. The fraction of sp³-hybridized carbons (Fsp3) is 0.545. The lowest BCUT2D eigenvalue weighted by Gasteiger charge is -2.40. The Balaban J connectivity index is 1.44. The summed E-state index contributed by atoms with van der Waals surface area (Å²) < 4.78 is 5.20. The van der Waals surface area contributed by atoms with Crippen molar-refractivity contribution in [2.75, 3.05) is 26.2 Å². The summed E-state index contributed by atoms with van der Waals surface area (Å²) in [6.45, 7) is 10.7. The van der Waals surface area contributed by atoms with Crippen molar-refractivity contribution in [3.8, 4) is 0 Å². The van der Waals surface area contributed by atoms with Gasteiger partial charge >= 0.3 is 0 Å². The van der Waals surface area contributed by atoms with Crippen molar-refractivity contribution in [3.63, 3.8) is 0 Å². The number of carbonyl (C=O) groups excluding carboxylic acids is 1. The maximum Gasteiger partial charge on any atom is 0.259 e. The minimum atomic E-state index is 0.0823. The van der Waals surface area contributed by atoms with E-state index in [-0.39, 0.29) is 11.3 Å². The van der Waals surface area contributed by atoms with Crippen LogP contribution >= 0.6 is 0 Å². The second-order valence-corrected chi connectivity index (χ2v) is 8.48. The van der Waals surface area contributed by atoms with Crippen molar-refractivity contribution in [3.05, 3.63) is 52.4 Å². The SMILES string of the molecule is Cc1cccc(CN2CCC[C@@]3(CCN(C(=O)c4c(C)noc4C)C3)C2)c1. The van der Waals surface area contributed by atoms with Crippen LogP contribution in [0.2, 0.25) is 0 Å². The Kier molecular flexibility index (Phi) is 4.81. The van der Waals surface area contributed by atoms with Crippen molar-refractivity contribution >= 4 is 5.91 Å². The molecule has 0 saturated carbocycles. The fourth-order valence-corrected chi connectivity index (χ4v) is 4.90. The largest absolute Gasteiger partial charge is 0.361 e. The third-order valence-electron chi connectivity index (χ3n) is 6.20. The smallest absolute Gasteiger partial charge is 0.259 e. The van der Waals surface area contributed by atoms with Gasteiger partial charge in [-0.1, -0.05) is 35.0 Å². The van der Waals surface area contributed by atoms with Gasteiger partial charge in [0.2, 0.25) is 0 Å². The molecule has 0 aliphatic carbocycles. The predicted molar refractivity (Wildman–Crippen MR) is 105 cm³/mol. The van der Waals surface area contributed by atoms with Gasteiger partial charge in [0.15, 0.2) is 0 Å². The zero-order valence-corrected chi connectivity index (χ0v) is 16.6. The van der Waals surface area contributed by atoms with E-state index in [0.717, 1.165) is 39.1 Å². The Morgan fingerprint density at radius 1 is 1.19 bits per heavy atom. The summed E-state index contributed by atoms with van der Waals surface area (Å²) in [5.74, 6) is 0.710. The van der Waals surface area contributed by atoms with Gasteiger partial charge in [0.05, 0.1) is 5.69 Å². The number of aryl methyl sites for hydroxylation is 3. The van der Waals surface area contributed by atoms with Crippen LogP contribution in [0.3, 0.4) is 0 Å². The van der Waals surface area contributed by atoms with E-state index in [0.29, 0.717) is 17.0 Å². The molecule has 2 saturated heterocycles. The fourth-order valence-electron chi connectivity index (χ4n) is 4.90. The second kappa shape index (κ2) is 7.12.